The molecule has 0 radical (unpaired) electrons. The Labute approximate surface area is 309 Å². The number of rotatable bonds is 8. The second kappa shape index (κ2) is 15.9. The van der Waals surface area contributed by atoms with Crippen LogP contribution in [0, 0.1) is 0 Å². The number of fused-ring (bicyclic) bond motifs is 2. The fourth-order valence-electron chi connectivity index (χ4n) is 6.46. The van der Waals surface area contributed by atoms with E-state index >= 15 is 0 Å². The Morgan fingerprint density at radius 2 is 0.981 bits per heavy atom. The Hall–Kier alpha value is -4.78. The molecule has 18 heteroatoms. The highest BCUT2D eigenvalue weighted by atomic mass is 32.1. The number of carbonyl (C=O) groups is 2. The number of anilines is 4. The van der Waals surface area contributed by atoms with Gasteiger partial charge in [0.1, 0.15) is 0 Å². The van der Waals surface area contributed by atoms with Gasteiger partial charge in [0.15, 0.2) is 23.0 Å². The zero-order valence-corrected chi connectivity index (χ0v) is 31.2. The molecular formula is C34H42N10O6S2. The van der Waals surface area contributed by atoms with Gasteiger partial charge in [0.2, 0.25) is 45.9 Å². The largest absolute Gasteiger partial charge is 0.454 e. The normalized spacial score (nSPS) is 18.0. The summed E-state index contributed by atoms with van der Waals surface area (Å²) in [4.78, 5) is 31.6. The number of amides is 2. The van der Waals surface area contributed by atoms with Gasteiger partial charge >= 0.3 is 0 Å². The Morgan fingerprint density at radius 3 is 1.37 bits per heavy atom. The highest BCUT2D eigenvalue weighted by molar-refractivity contribution is 7.19. The van der Waals surface area contributed by atoms with Crippen LogP contribution in [0.2, 0.25) is 0 Å². The van der Waals surface area contributed by atoms with Crippen LogP contribution in [-0.4, -0.2) is 108 Å². The van der Waals surface area contributed by atoms with Crippen molar-refractivity contribution in [2.75, 3.05) is 86.4 Å². The lowest BCUT2D eigenvalue weighted by atomic mass is 10.1. The highest BCUT2D eigenvalue weighted by Crippen LogP contribution is 2.37. The van der Waals surface area contributed by atoms with E-state index in [0.29, 0.717) is 35.9 Å². The van der Waals surface area contributed by atoms with E-state index in [-0.39, 0.29) is 11.8 Å². The van der Waals surface area contributed by atoms with Gasteiger partial charge in [-0.05, 0) is 49.2 Å². The van der Waals surface area contributed by atoms with E-state index in [1.54, 1.807) is 0 Å². The molecule has 0 saturated carbocycles. The van der Waals surface area contributed by atoms with Crippen molar-refractivity contribution in [1.29, 1.82) is 0 Å². The number of hydrogen-bond donors (Lipinski definition) is 2. The number of aromatic nitrogens is 4. The SMILES string of the molecule is CC(=O)Nc1nnc(N2CCN([C@@H](C)c3ccc4c(c3)OCO4)CC2)s1.CC(=O)Nc1nnc(N2CCN([C@H](C)c3ccc4c(c3)OCO4)CC2)s1. The van der Waals surface area contributed by atoms with Crippen LogP contribution in [0.4, 0.5) is 20.5 Å². The van der Waals surface area contributed by atoms with Crippen LogP contribution < -0.4 is 39.4 Å². The summed E-state index contributed by atoms with van der Waals surface area (Å²) >= 11 is 2.82. The standard InChI is InChI=1S/2C17H21N5O3S/c2*1-11(13-3-4-14-15(9-13)25-10-24-14)21-5-7-22(8-6-21)17-20-19-16(26-17)18-12(2)23/h2*3-4,9,11H,5-8,10H2,1-2H3,(H,18,19,23)/t2*11-/m10/s1. The van der Waals surface area contributed by atoms with Gasteiger partial charge in [0.05, 0.1) is 0 Å². The van der Waals surface area contributed by atoms with E-state index < -0.39 is 0 Å². The molecule has 6 heterocycles. The maximum absolute atomic E-state index is 11.1. The first-order valence-electron chi connectivity index (χ1n) is 17.2. The molecule has 4 aliphatic heterocycles. The molecule has 2 aromatic heterocycles. The molecule has 0 unspecified atom stereocenters. The maximum Gasteiger partial charge on any atom is 0.231 e. The van der Waals surface area contributed by atoms with E-state index in [4.69, 9.17) is 18.9 Å². The molecule has 2 N–H and O–H groups in total. The summed E-state index contributed by atoms with van der Waals surface area (Å²) in [6, 6.07) is 12.9. The number of nitrogens with zero attached hydrogens (tertiary/aromatic N) is 8. The Morgan fingerprint density at radius 1 is 0.596 bits per heavy atom. The minimum absolute atomic E-state index is 0.130. The maximum atomic E-state index is 11.1. The van der Waals surface area contributed by atoms with Gasteiger partial charge in [0.25, 0.3) is 0 Å². The Balaban J connectivity index is 0.000000162. The summed E-state index contributed by atoms with van der Waals surface area (Å²) in [6.45, 7) is 15.2. The van der Waals surface area contributed by atoms with Crippen molar-refractivity contribution in [3.05, 3.63) is 47.5 Å². The molecule has 0 spiro atoms. The molecule has 2 atom stereocenters. The van der Waals surface area contributed by atoms with Crippen LogP contribution in [0.3, 0.4) is 0 Å². The third-order valence-electron chi connectivity index (χ3n) is 9.42. The van der Waals surface area contributed by atoms with Crippen molar-refractivity contribution in [2.24, 2.45) is 0 Å². The van der Waals surface area contributed by atoms with Crippen LogP contribution in [-0.2, 0) is 9.59 Å². The van der Waals surface area contributed by atoms with Crippen LogP contribution >= 0.6 is 22.7 Å². The molecule has 52 heavy (non-hydrogen) atoms. The number of carbonyl (C=O) groups excluding carboxylic acids is 2. The molecule has 0 bridgehead atoms. The van der Waals surface area contributed by atoms with Crippen LogP contribution in [0.1, 0.15) is 50.9 Å². The van der Waals surface area contributed by atoms with Crippen LogP contribution in [0.25, 0.3) is 0 Å². The minimum Gasteiger partial charge on any atom is -0.454 e. The number of ether oxygens (including phenoxy) is 4. The quantitative estimate of drug-likeness (QED) is 0.264. The molecule has 8 rings (SSSR count). The van der Waals surface area contributed by atoms with Crippen LogP contribution in [0.15, 0.2) is 36.4 Å². The fourth-order valence-corrected chi connectivity index (χ4v) is 8.14. The third kappa shape index (κ3) is 8.30. The van der Waals surface area contributed by atoms with Gasteiger partial charge in [-0.3, -0.25) is 19.4 Å². The van der Waals surface area contributed by atoms with E-state index in [2.05, 4.69) is 88.7 Å². The second-order valence-corrected chi connectivity index (χ2v) is 14.7. The first kappa shape index (κ1) is 35.6. The van der Waals surface area contributed by atoms with Gasteiger partial charge in [-0.2, -0.15) is 0 Å². The molecule has 2 saturated heterocycles. The van der Waals surface area contributed by atoms with Gasteiger partial charge in [-0.15, -0.1) is 20.4 Å². The number of piperazine rings is 2. The second-order valence-electron chi connectivity index (χ2n) is 12.8. The van der Waals surface area contributed by atoms with Crippen molar-refractivity contribution in [3.8, 4) is 23.0 Å². The Bertz CT molecular complexity index is 1740. The zero-order valence-electron chi connectivity index (χ0n) is 29.5. The van der Waals surface area contributed by atoms with Crippen molar-refractivity contribution in [3.63, 3.8) is 0 Å². The lowest BCUT2D eigenvalue weighted by molar-refractivity contribution is -0.115. The molecular weight excluding hydrogens is 709 g/mol. The highest BCUT2D eigenvalue weighted by Gasteiger charge is 2.27. The molecule has 0 aliphatic carbocycles. The van der Waals surface area contributed by atoms with Crippen LogP contribution in [0.5, 0.6) is 23.0 Å². The molecule has 16 nitrogen and oxygen atoms in total. The number of nitrogens with one attached hydrogen (secondary N) is 2. The topological polar surface area (TPSA) is 160 Å². The van der Waals surface area contributed by atoms with Crippen molar-refractivity contribution >= 4 is 55.0 Å². The lowest BCUT2D eigenvalue weighted by Gasteiger charge is -2.38. The summed E-state index contributed by atoms with van der Waals surface area (Å²) in [5.74, 6) is 3.03. The van der Waals surface area contributed by atoms with Crippen molar-refractivity contribution < 1.29 is 28.5 Å². The van der Waals surface area contributed by atoms with Gasteiger partial charge in [-0.25, -0.2) is 0 Å². The van der Waals surface area contributed by atoms with Crippen molar-refractivity contribution in [2.45, 2.75) is 39.8 Å². The first-order chi connectivity index (χ1) is 25.2. The van der Waals surface area contributed by atoms with E-state index in [9.17, 15) is 9.59 Å². The predicted octanol–water partition coefficient (Wildman–Crippen LogP) is 4.22. The summed E-state index contributed by atoms with van der Waals surface area (Å²) in [6.07, 6.45) is 0. The third-order valence-corrected chi connectivity index (χ3v) is 11.2. The Kier molecular flexibility index (Phi) is 10.9. The molecule has 2 amide bonds. The van der Waals surface area contributed by atoms with Gasteiger partial charge in [-0.1, -0.05) is 34.8 Å². The molecule has 2 fully saturated rings. The number of benzene rings is 2. The first-order valence-corrected chi connectivity index (χ1v) is 18.8. The summed E-state index contributed by atoms with van der Waals surface area (Å²) in [5, 5.41) is 24.6. The average Bonchev–Trinajstić information content (AvgIpc) is 3.98. The fraction of sp³-hybridized carbons (Fsp3) is 0.471. The molecule has 4 aromatic rings. The van der Waals surface area contributed by atoms with Crippen molar-refractivity contribution in [1.82, 2.24) is 30.2 Å². The predicted molar refractivity (Wildman–Crippen MR) is 198 cm³/mol. The molecule has 2 aromatic carbocycles. The molecule has 276 valence electrons. The average molecular weight is 751 g/mol. The van der Waals surface area contributed by atoms with Gasteiger partial charge in [0, 0.05) is 78.3 Å². The smallest absolute Gasteiger partial charge is 0.231 e. The van der Waals surface area contributed by atoms with E-state index in [1.807, 2.05) is 12.1 Å². The number of hydrogen-bond acceptors (Lipinski definition) is 16. The summed E-state index contributed by atoms with van der Waals surface area (Å²) in [5.41, 5.74) is 2.46. The van der Waals surface area contributed by atoms with E-state index in [1.165, 1.54) is 47.6 Å². The monoisotopic (exact) mass is 750 g/mol. The summed E-state index contributed by atoms with van der Waals surface area (Å²) < 4.78 is 21.8. The lowest BCUT2D eigenvalue weighted by Crippen LogP contribution is -2.47. The minimum atomic E-state index is -0.130. The zero-order chi connectivity index (χ0) is 36.2. The molecule has 4 aliphatic rings. The summed E-state index contributed by atoms with van der Waals surface area (Å²) in [7, 11) is 0. The van der Waals surface area contributed by atoms with E-state index in [0.717, 1.165) is 85.6 Å². The van der Waals surface area contributed by atoms with Gasteiger partial charge < -0.3 is 39.4 Å².